The summed E-state index contributed by atoms with van der Waals surface area (Å²) in [5.41, 5.74) is 1.14. The van der Waals surface area contributed by atoms with Crippen LogP contribution in [0.15, 0.2) is 18.2 Å². The van der Waals surface area contributed by atoms with Crippen molar-refractivity contribution in [3.63, 3.8) is 0 Å². The normalized spacial score (nSPS) is 24.6. The van der Waals surface area contributed by atoms with Gasteiger partial charge in [0.2, 0.25) is 0 Å². The molecule has 1 saturated heterocycles. The molecular weight excluding hydrogens is 275 g/mol. The van der Waals surface area contributed by atoms with Gasteiger partial charge < -0.3 is 5.32 Å². The Hall–Kier alpha value is -0.640. The molecule has 1 heterocycles. The molecule has 0 aromatic heterocycles. The maximum absolute atomic E-state index is 13.4. The first-order valence-electron chi connectivity index (χ1n) is 7.51. The van der Waals surface area contributed by atoms with Crippen molar-refractivity contribution in [1.29, 1.82) is 0 Å². The molecule has 1 N–H and O–H groups in total. The van der Waals surface area contributed by atoms with Crippen molar-refractivity contribution in [1.82, 2.24) is 10.2 Å². The second kappa shape index (κ2) is 7.39. The minimum Gasteiger partial charge on any atom is -0.319 e. The zero-order chi connectivity index (χ0) is 14.5. The van der Waals surface area contributed by atoms with Crippen molar-refractivity contribution in [2.24, 2.45) is 5.92 Å². The van der Waals surface area contributed by atoms with Gasteiger partial charge in [0.15, 0.2) is 0 Å². The molecule has 1 aliphatic rings. The third-order valence-electron chi connectivity index (χ3n) is 4.27. The molecule has 112 valence electrons. The van der Waals surface area contributed by atoms with E-state index < -0.39 is 0 Å². The smallest absolute Gasteiger partial charge is 0.141 e. The van der Waals surface area contributed by atoms with Crippen LogP contribution in [0, 0.1) is 11.7 Å². The highest BCUT2D eigenvalue weighted by molar-refractivity contribution is 6.30. The Morgan fingerprint density at radius 2 is 2.20 bits per heavy atom. The summed E-state index contributed by atoms with van der Waals surface area (Å²) in [6.45, 7) is 5.30. The van der Waals surface area contributed by atoms with E-state index in [-0.39, 0.29) is 10.8 Å². The van der Waals surface area contributed by atoms with Gasteiger partial charge in [0.25, 0.3) is 0 Å². The zero-order valence-electron chi connectivity index (χ0n) is 12.3. The van der Waals surface area contributed by atoms with Crippen LogP contribution >= 0.6 is 11.6 Å². The topological polar surface area (TPSA) is 15.3 Å². The first-order chi connectivity index (χ1) is 9.67. The lowest BCUT2D eigenvalue weighted by molar-refractivity contribution is 0.162. The molecule has 1 aromatic rings. The van der Waals surface area contributed by atoms with E-state index in [1.165, 1.54) is 25.3 Å². The van der Waals surface area contributed by atoms with Gasteiger partial charge in [0, 0.05) is 6.04 Å². The van der Waals surface area contributed by atoms with Crippen molar-refractivity contribution in [3.05, 3.63) is 34.6 Å². The lowest BCUT2D eigenvalue weighted by Gasteiger charge is -2.35. The van der Waals surface area contributed by atoms with Gasteiger partial charge in [-0.15, -0.1) is 0 Å². The second-order valence-corrected chi connectivity index (χ2v) is 5.97. The van der Waals surface area contributed by atoms with E-state index in [0.717, 1.165) is 25.2 Å². The van der Waals surface area contributed by atoms with E-state index in [1.54, 1.807) is 6.07 Å². The van der Waals surface area contributed by atoms with Crippen molar-refractivity contribution >= 4 is 11.6 Å². The highest BCUT2D eigenvalue weighted by atomic mass is 35.5. The third-order valence-corrected chi connectivity index (χ3v) is 4.56. The summed E-state index contributed by atoms with van der Waals surface area (Å²) in [7, 11) is 2.00. The van der Waals surface area contributed by atoms with Crippen LogP contribution < -0.4 is 5.32 Å². The van der Waals surface area contributed by atoms with E-state index in [1.807, 2.05) is 13.1 Å². The Bertz CT molecular complexity index is 438. The molecule has 0 aliphatic carbocycles. The monoisotopic (exact) mass is 298 g/mol. The molecule has 2 nitrogen and oxygen atoms in total. The van der Waals surface area contributed by atoms with Gasteiger partial charge in [-0.05, 0) is 63.1 Å². The molecular formula is C16H24ClFN2. The highest BCUT2D eigenvalue weighted by Gasteiger charge is 2.30. The maximum atomic E-state index is 13.4. The number of halogens is 2. The van der Waals surface area contributed by atoms with Gasteiger partial charge in [-0.3, -0.25) is 4.90 Å². The van der Waals surface area contributed by atoms with Gasteiger partial charge in [0.1, 0.15) is 5.82 Å². The van der Waals surface area contributed by atoms with Crippen molar-refractivity contribution in [2.75, 3.05) is 26.7 Å². The second-order valence-electron chi connectivity index (χ2n) is 5.56. The molecule has 0 spiro atoms. The molecule has 4 heteroatoms. The predicted molar refractivity (Wildman–Crippen MR) is 82.7 cm³/mol. The molecule has 0 amide bonds. The Kier molecular flexibility index (Phi) is 5.82. The van der Waals surface area contributed by atoms with E-state index in [0.29, 0.717) is 12.0 Å². The number of benzene rings is 1. The first-order valence-corrected chi connectivity index (χ1v) is 7.88. The summed E-state index contributed by atoms with van der Waals surface area (Å²) in [5.74, 6) is 0.209. The molecule has 20 heavy (non-hydrogen) atoms. The van der Waals surface area contributed by atoms with Crippen LogP contribution in [-0.4, -0.2) is 31.6 Å². The Balaban J connectivity index is 2.34. The summed E-state index contributed by atoms with van der Waals surface area (Å²) in [4.78, 5) is 2.50. The highest BCUT2D eigenvalue weighted by Crippen LogP contribution is 2.36. The zero-order valence-corrected chi connectivity index (χ0v) is 13.1. The van der Waals surface area contributed by atoms with Crippen molar-refractivity contribution < 1.29 is 4.39 Å². The lowest BCUT2D eigenvalue weighted by Crippen LogP contribution is -2.36. The lowest BCUT2D eigenvalue weighted by atomic mass is 9.89. The van der Waals surface area contributed by atoms with E-state index in [2.05, 4.69) is 17.1 Å². The fourth-order valence-electron chi connectivity index (χ4n) is 3.33. The fraction of sp³-hybridized carbons (Fsp3) is 0.625. The van der Waals surface area contributed by atoms with E-state index in [9.17, 15) is 4.39 Å². The molecule has 0 saturated carbocycles. The summed E-state index contributed by atoms with van der Waals surface area (Å²) in [5, 5.41) is 3.53. The van der Waals surface area contributed by atoms with Gasteiger partial charge in [0.05, 0.1) is 5.02 Å². The number of nitrogens with zero attached hydrogens (tertiary/aromatic N) is 1. The molecule has 0 bridgehead atoms. The average Bonchev–Trinajstić information content (AvgIpc) is 2.64. The van der Waals surface area contributed by atoms with Crippen molar-refractivity contribution in [2.45, 2.75) is 32.2 Å². The molecule has 1 aliphatic heterocycles. The average molecular weight is 299 g/mol. The molecule has 1 aromatic carbocycles. The number of hydrogen-bond donors (Lipinski definition) is 1. The maximum Gasteiger partial charge on any atom is 0.141 e. The number of hydrogen-bond acceptors (Lipinski definition) is 2. The van der Waals surface area contributed by atoms with Gasteiger partial charge >= 0.3 is 0 Å². The molecule has 2 rings (SSSR count). The van der Waals surface area contributed by atoms with Gasteiger partial charge in [-0.2, -0.15) is 0 Å². The summed E-state index contributed by atoms with van der Waals surface area (Å²) < 4.78 is 13.4. The van der Waals surface area contributed by atoms with Gasteiger partial charge in [-0.1, -0.05) is 31.0 Å². The fourth-order valence-corrected chi connectivity index (χ4v) is 3.52. The van der Waals surface area contributed by atoms with Crippen LogP contribution in [-0.2, 0) is 0 Å². The van der Waals surface area contributed by atoms with Crippen LogP contribution in [0.3, 0.4) is 0 Å². The summed E-state index contributed by atoms with van der Waals surface area (Å²) in [6.07, 6.45) is 3.70. The minimum absolute atomic E-state index is 0.228. The molecule has 2 atom stereocenters. The standard InChI is InChI=1S/C16H24ClFN2/c1-3-20-9-5-4-6-13(11-19-2)16(20)12-7-8-15(18)14(17)10-12/h7-8,10,13,16,19H,3-6,9,11H2,1-2H3. The van der Waals surface area contributed by atoms with Crippen LogP contribution in [0.5, 0.6) is 0 Å². The predicted octanol–water partition coefficient (Wildman–Crippen LogP) is 3.86. The Morgan fingerprint density at radius 1 is 1.40 bits per heavy atom. The first kappa shape index (κ1) is 15.7. The van der Waals surface area contributed by atoms with Crippen LogP contribution in [0.4, 0.5) is 4.39 Å². The van der Waals surface area contributed by atoms with Crippen molar-refractivity contribution in [3.8, 4) is 0 Å². The van der Waals surface area contributed by atoms with Crippen LogP contribution in [0.1, 0.15) is 37.8 Å². The number of nitrogens with one attached hydrogen (secondary N) is 1. The molecule has 1 fully saturated rings. The van der Waals surface area contributed by atoms with E-state index in [4.69, 9.17) is 11.6 Å². The Morgan fingerprint density at radius 3 is 2.85 bits per heavy atom. The largest absolute Gasteiger partial charge is 0.319 e. The molecule has 2 unspecified atom stereocenters. The summed E-state index contributed by atoms with van der Waals surface area (Å²) in [6, 6.07) is 5.51. The van der Waals surface area contributed by atoms with Crippen LogP contribution in [0.2, 0.25) is 5.02 Å². The summed E-state index contributed by atoms with van der Waals surface area (Å²) >= 11 is 5.98. The van der Waals surface area contributed by atoms with Crippen LogP contribution in [0.25, 0.3) is 0 Å². The minimum atomic E-state index is -0.336. The van der Waals surface area contributed by atoms with E-state index >= 15 is 0 Å². The molecule has 0 radical (unpaired) electrons. The van der Waals surface area contributed by atoms with Gasteiger partial charge in [-0.25, -0.2) is 4.39 Å². The Labute approximate surface area is 126 Å². The SMILES string of the molecule is CCN1CCCCC(CNC)C1c1ccc(F)c(Cl)c1. The number of likely N-dealkylation sites (tertiary alicyclic amines) is 1. The number of rotatable bonds is 4. The quantitative estimate of drug-likeness (QED) is 0.908. The third kappa shape index (κ3) is 3.51.